The molecule has 0 saturated heterocycles. The molecule has 2 aromatic carbocycles. The van der Waals surface area contributed by atoms with E-state index in [1.54, 1.807) is 19.5 Å². The van der Waals surface area contributed by atoms with Gasteiger partial charge in [0.05, 0.1) is 23.9 Å². The number of carbonyl (C=O) groups excluding carboxylic acids is 1. The van der Waals surface area contributed by atoms with Gasteiger partial charge in [-0.2, -0.15) is 0 Å². The molecule has 0 saturated carbocycles. The van der Waals surface area contributed by atoms with Crippen molar-refractivity contribution in [1.29, 1.82) is 0 Å². The first-order valence-corrected chi connectivity index (χ1v) is 9.85. The molecule has 1 amide bonds. The molecule has 0 aliphatic rings. The van der Waals surface area contributed by atoms with Crippen LogP contribution in [0.25, 0.3) is 22.2 Å². The highest BCUT2D eigenvalue weighted by Crippen LogP contribution is 2.28. The molecular formula is C23H18BrN3O2. The summed E-state index contributed by atoms with van der Waals surface area (Å²) in [4.78, 5) is 21.9. The van der Waals surface area contributed by atoms with Crippen LogP contribution in [0.1, 0.15) is 15.9 Å². The molecule has 29 heavy (non-hydrogen) atoms. The number of aromatic nitrogens is 2. The minimum Gasteiger partial charge on any atom is -0.497 e. The lowest BCUT2D eigenvalue weighted by Crippen LogP contribution is -2.23. The molecule has 2 heterocycles. The predicted molar refractivity (Wildman–Crippen MR) is 117 cm³/mol. The van der Waals surface area contributed by atoms with Crippen molar-refractivity contribution in [2.45, 2.75) is 6.54 Å². The van der Waals surface area contributed by atoms with Crippen LogP contribution in [0.15, 0.2) is 77.5 Å². The van der Waals surface area contributed by atoms with Crippen LogP contribution < -0.4 is 10.1 Å². The third kappa shape index (κ3) is 4.27. The Hall–Kier alpha value is -3.25. The molecule has 0 spiro atoms. The number of amides is 1. The fraction of sp³-hybridized carbons (Fsp3) is 0.0870. The van der Waals surface area contributed by atoms with Crippen LogP contribution in [0.5, 0.6) is 5.75 Å². The molecule has 4 aromatic rings. The fourth-order valence-corrected chi connectivity index (χ4v) is 3.44. The average molecular weight is 448 g/mol. The van der Waals surface area contributed by atoms with Crippen molar-refractivity contribution in [3.63, 3.8) is 0 Å². The normalized spacial score (nSPS) is 10.7. The van der Waals surface area contributed by atoms with Gasteiger partial charge in [0.25, 0.3) is 5.91 Å². The molecule has 0 radical (unpaired) electrons. The number of halogens is 1. The van der Waals surface area contributed by atoms with Crippen LogP contribution >= 0.6 is 15.9 Å². The molecule has 4 rings (SSSR count). The second-order valence-electron chi connectivity index (χ2n) is 6.49. The minimum atomic E-state index is -0.158. The summed E-state index contributed by atoms with van der Waals surface area (Å²) in [6.07, 6.45) is 3.45. The summed E-state index contributed by atoms with van der Waals surface area (Å²) in [6.45, 7) is 0.405. The summed E-state index contributed by atoms with van der Waals surface area (Å²) >= 11 is 3.49. The van der Waals surface area contributed by atoms with Gasteiger partial charge in [-0.1, -0.05) is 22.0 Å². The number of carbonyl (C=O) groups is 1. The first-order valence-electron chi connectivity index (χ1n) is 9.06. The van der Waals surface area contributed by atoms with Gasteiger partial charge in [-0.3, -0.25) is 9.78 Å². The average Bonchev–Trinajstić information content (AvgIpc) is 2.77. The summed E-state index contributed by atoms with van der Waals surface area (Å²) < 4.78 is 6.12. The topological polar surface area (TPSA) is 64.1 Å². The molecule has 0 unspecified atom stereocenters. The van der Waals surface area contributed by atoms with E-state index in [4.69, 9.17) is 9.72 Å². The van der Waals surface area contributed by atoms with E-state index in [0.717, 1.165) is 37.9 Å². The first-order chi connectivity index (χ1) is 14.1. The maximum Gasteiger partial charge on any atom is 0.252 e. The Labute approximate surface area is 176 Å². The lowest BCUT2D eigenvalue weighted by atomic mass is 10.0. The Balaban J connectivity index is 1.73. The largest absolute Gasteiger partial charge is 0.497 e. The maximum atomic E-state index is 13.0. The molecule has 0 fully saturated rings. The van der Waals surface area contributed by atoms with Gasteiger partial charge in [0, 0.05) is 34.4 Å². The van der Waals surface area contributed by atoms with Gasteiger partial charge in [0.1, 0.15) is 5.75 Å². The van der Waals surface area contributed by atoms with Gasteiger partial charge in [-0.25, -0.2) is 4.98 Å². The number of ether oxygens (including phenoxy) is 1. The van der Waals surface area contributed by atoms with E-state index >= 15 is 0 Å². The van der Waals surface area contributed by atoms with Gasteiger partial charge in [0.15, 0.2) is 0 Å². The SMILES string of the molecule is COc1ccc(-c2cc(C(=O)NCc3cccnc3)c3cc(Br)ccc3n2)cc1. The summed E-state index contributed by atoms with van der Waals surface area (Å²) in [5, 5.41) is 3.77. The second-order valence-corrected chi connectivity index (χ2v) is 7.40. The molecule has 0 aliphatic carbocycles. The van der Waals surface area contributed by atoms with Crippen molar-refractivity contribution < 1.29 is 9.53 Å². The highest BCUT2D eigenvalue weighted by atomic mass is 79.9. The van der Waals surface area contributed by atoms with E-state index in [9.17, 15) is 4.79 Å². The molecule has 5 nitrogen and oxygen atoms in total. The molecule has 0 aliphatic heterocycles. The number of hydrogen-bond donors (Lipinski definition) is 1. The molecule has 0 atom stereocenters. The molecule has 6 heteroatoms. The van der Waals surface area contributed by atoms with Gasteiger partial charge in [-0.15, -0.1) is 0 Å². The molecular weight excluding hydrogens is 430 g/mol. The van der Waals surface area contributed by atoms with Crippen LogP contribution in [-0.2, 0) is 6.54 Å². The van der Waals surface area contributed by atoms with Crippen LogP contribution in [0.3, 0.4) is 0 Å². The Kier molecular flexibility index (Phi) is 5.53. The standard InChI is InChI=1S/C23H18BrN3O2/c1-29-18-7-4-16(5-8-18)22-12-20(19-11-17(24)6-9-21(19)27-22)23(28)26-14-15-3-2-10-25-13-15/h2-13H,14H2,1H3,(H,26,28). The number of methoxy groups -OCH3 is 1. The maximum absolute atomic E-state index is 13.0. The fourth-order valence-electron chi connectivity index (χ4n) is 3.08. The van der Waals surface area contributed by atoms with Crippen LogP contribution in [-0.4, -0.2) is 23.0 Å². The smallest absolute Gasteiger partial charge is 0.252 e. The predicted octanol–water partition coefficient (Wildman–Crippen LogP) is 5.00. The molecule has 1 N–H and O–H groups in total. The number of nitrogens with one attached hydrogen (secondary N) is 1. The highest BCUT2D eigenvalue weighted by molar-refractivity contribution is 9.10. The molecule has 144 valence electrons. The first kappa shape index (κ1) is 19.1. The van der Waals surface area contributed by atoms with Crippen LogP contribution in [0.2, 0.25) is 0 Å². The van der Waals surface area contributed by atoms with Crippen LogP contribution in [0, 0.1) is 0 Å². The summed E-state index contributed by atoms with van der Waals surface area (Å²) in [5.74, 6) is 0.613. The van der Waals surface area contributed by atoms with E-state index in [2.05, 4.69) is 26.2 Å². The zero-order chi connectivity index (χ0) is 20.2. The zero-order valence-electron chi connectivity index (χ0n) is 15.7. The molecule has 0 bridgehead atoms. The van der Waals surface area contributed by atoms with Crippen molar-refractivity contribution in [2.24, 2.45) is 0 Å². The zero-order valence-corrected chi connectivity index (χ0v) is 17.3. The van der Waals surface area contributed by atoms with Gasteiger partial charge in [-0.05, 0) is 60.2 Å². The third-order valence-corrected chi connectivity index (χ3v) is 5.07. The lowest BCUT2D eigenvalue weighted by molar-refractivity contribution is 0.0952. The monoisotopic (exact) mass is 447 g/mol. The lowest BCUT2D eigenvalue weighted by Gasteiger charge is -2.11. The van der Waals surface area contributed by atoms with Crippen LogP contribution in [0.4, 0.5) is 0 Å². The summed E-state index contributed by atoms with van der Waals surface area (Å²) in [7, 11) is 1.63. The van der Waals surface area contributed by atoms with Crippen molar-refractivity contribution >= 4 is 32.7 Å². The van der Waals surface area contributed by atoms with Crippen molar-refractivity contribution in [1.82, 2.24) is 15.3 Å². The van der Waals surface area contributed by atoms with Gasteiger partial charge >= 0.3 is 0 Å². The number of hydrogen-bond acceptors (Lipinski definition) is 4. The van der Waals surface area contributed by atoms with Crippen molar-refractivity contribution in [2.75, 3.05) is 7.11 Å². The third-order valence-electron chi connectivity index (χ3n) is 4.58. The number of benzene rings is 2. The number of fused-ring (bicyclic) bond motifs is 1. The van der Waals surface area contributed by atoms with E-state index < -0.39 is 0 Å². The van der Waals surface area contributed by atoms with Gasteiger partial charge < -0.3 is 10.1 Å². The van der Waals surface area contributed by atoms with Crippen molar-refractivity contribution in [3.8, 4) is 17.0 Å². The van der Waals surface area contributed by atoms with E-state index in [1.165, 1.54) is 0 Å². The van der Waals surface area contributed by atoms with Crippen molar-refractivity contribution in [3.05, 3.63) is 88.7 Å². The van der Waals surface area contributed by atoms with Gasteiger partial charge in [0.2, 0.25) is 0 Å². The van der Waals surface area contributed by atoms with E-state index in [-0.39, 0.29) is 5.91 Å². The van der Waals surface area contributed by atoms with E-state index in [0.29, 0.717) is 12.1 Å². The minimum absolute atomic E-state index is 0.158. The Morgan fingerprint density at radius 2 is 1.93 bits per heavy atom. The quantitative estimate of drug-likeness (QED) is 0.467. The number of pyridine rings is 2. The highest BCUT2D eigenvalue weighted by Gasteiger charge is 2.14. The summed E-state index contributed by atoms with van der Waals surface area (Å²) in [6, 6.07) is 19.0. The summed E-state index contributed by atoms with van der Waals surface area (Å²) in [5.41, 5.74) is 3.92. The Morgan fingerprint density at radius 3 is 2.66 bits per heavy atom. The number of rotatable bonds is 5. The number of nitrogens with zero attached hydrogens (tertiary/aromatic N) is 2. The second kappa shape index (κ2) is 8.41. The Bertz CT molecular complexity index is 1160. The molecule has 2 aromatic heterocycles. The van der Waals surface area contributed by atoms with E-state index in [1.807, 2.05) is 60.7 Å². The Morgan fingerprint density at radius 1 is 1.10 bits per heavy atom.